The van der Waals surface area contributed by atoms with Crippen molar-refractivity contribution in [1.29, 1.82) is 0 Å². The van der Waals surface area contributed by atoms with Crippen molar-refractivity contribution in [3.05, 3.63) is 35.1 Å². The number of benzene rings is 1. The van der Waals surface area contributed by atoms with Gasteiger partial charge in [0.05, 0.1) is 5.56 Å². The average molecular weight is 355 g/mol. The molecule has 1 fully saturated rings. The van der Waals surface area contributed by atoms with Crippen LogP contribution in [0.25, 0.3) is 0 Å². The monoisotopic (exact) mass is 354 g/mol. The summed E-state index contributed by atoms with van der Waals surface area (Å²) in [6, 6.07) is 3.18. The average Bonchev–Trinajstić information content (AvgIpc) is 2.37. The number of hydrogen-bond acceptors (Lipinski definition) is 2. The first-order valence-corrected chi connectivity index (χ1v) is 7.42. The second-order valence-electron chi connectivity index (χ2n) is 6.79. The van der Waals surface area contributed by atoms with E-state index in [1.165, 1.54) is 6.07 Å². The van der Waals surface area contributed by atoms with Crippen molar-refractivity contribution < 1.29 is 17.6 Å². The van der Waals surface area contributed by atoms with E-state index in [2.05, 4.69) is 10.2 Å². The van der Waals surface area contributed by atoms with Gasteiger partial charge < -0.3 is 5.32 Å². The summed E-state index contributed by atoms with van der Waals surface area (Å²) in [6.07, 6.45) is -4.66. The topological polar surface area (TPSA) is 15.3 Å². The molecule has 0 amide bonds. The van der Waals surface area contributed by atoms with Crippen molar-refractivity contribution in [1.82, 2.24) is 10.2 Å². The zero-order valence-electron chi connectivity index (χ0n) is 13.5. The van der Waals surface area contributed by atoms with Crippen molar-refractivity contribution in [2.75, 3.05) is 26.2 Å². The highest BCUT2D eigenvalue weighted by atomic mass is 35.5. The van der Waals surface area contributed by atoms with Crippen LogP contribution in [0.15, 0.2) is 18.2 Å². The SMILES string of the molecule is CC(C)(C)[C@H](c1ccc(C(F)(F)F)c(F)c1)N1CCNCC1.Cl. The molecule has 0 saturated carbocycles. The van der Waals surface area contributed by atoms with Crippen LogP contribution in [0.3, 0.4) is 0 Å². The molecule has 0 aliphatic carbocycles. The molecular weight excluding hydrogens is 332 g/mol. The number of nitrogens with one attached hydrogen (secondary N) is 1. The largest absolute Gasteiger partial charge is 0.419 e. The fourth-order valence-corrected chi connectivity index (χ4v) is 3.13. The Kier molecular flexibility index (Phi) is 6.47. The van der Waals surface area contributed by atoms with Crippen LogP contribution in [0.4, 0.5) is 17.6 Å². The molecule has 0 unspecified atom stereocenters. The van der Waals surface area contributed by atoms with Gasteiger partial charge in [0.15, 0.2) is 0 Å². The first kappa shape index (κ1) is 20.2. The summed E-state index contributed by atoms with van der Waals surface area (Å²) in [6.45, 7) is 9.32. The smallest absolute Gasteiger partial charge is 0.314 e. The van der Waals surface area contributed by atoms with E-state index in [0.29, 0.717) is 5.56 Å². The minimum Gasteiger partial charge on any atom is -0.314 e. The first-order valence-electron chi connectivity index (χ1n) is 7.42. The Morgan fingerprint density at radius 2 is 1.65 bits per heavy atom. The molecule has 1 N–H and O–H groups in total. The van der Waals surface area contributed by atoms with Crippen molar-refractivity contribution >= 4 is 12.4 Å². The Labute approximate surface area is 140 Å². The van der Waals surface area contributed by atoms with E-state index in [1.54, 1.807) is 0 Å². The Balaban J connectivity index is 0.00000264. The molecular formula is C16H23ClF4N2. The Morgan fingerprint density at radius 3 is 2.09 bits per heavy atom. The minimum absolute atomic E-state index is 0. The summed E-state index contributed by atoms with van der Waals surface area (Å²) in [4.78, 5) is 2.21. The molecule has 1 aliphatic heterocycles. The zero-order valence-corrected chi connectivity index (χ0v) is 14.3. The van der Waals surface area contributed by atoms with Gasteiger partial charge in [0, 0.05) is 32.2 Å². The van der Waals surface area contributed by atoms with Gasteiger partial charge in [-0.2, -0.15) is 13.2 Å². The lowest BCUT2D eigenvalue weighted by Crippen LogP contribution is -2.48. The summed E-state index contributed by atoms with van der Waals surface area (Å²) in [7, 11) is 0. The molecule has 1 heterocycles. The third-order valence-electron chi connectivity index (χ3n) is 3.95. The molecule has 2 rings (SSSR count). The number of rotatable bonds is 2. The van der Waals surface area contributed by atoms with Crippen molar-refractivity contribution in [2.24, 2.45) is 5.41 Å². The van der Waals surface area contributed by atoms with Crippen molar-refractivity contribution in [3.63, 3.8) is 0 Å². The van der Waals surface area contributed by atoms with E-state index < -0.39 is 17.6 Å². The molecule has 0 aromatic heterocycles. The lowest BCUT2D eigenvalue weighted by Gasteiger charge is -2.42. The maximum atomic E-state index is 13.9. The minimum atomic E-state index is -4.66. The second-order valence-corrected chi connectivity index (χ2v) is 6.79. The van der Waals surface area contributed by atoms with E-state index >= 15 is 0 Å². The summed E-state index contributed by atoms with van der Waals surface area (Å²) < 4.78 is 52.0. The summed E-state index contributed by atoms with van der Waals surface area (Å²) >= 11 is 0. The zero-order chi connectivity index (χ0) is 16.5. The van der Waals surface area contributed by atoms with E-state index in [-0.39, 0.29) is 23.9 Å². The van der Waals surface area contributed by atoms with Crippen LogP contribution in [0, 0.1) is 11.2 Å². The van der Waals surface area contributed by atoms with Crippen LogP contribution in [-0.2, 0) is 6.18 Å². The van der Waals surface area contributed by atoms with Crippen LogP contribution in [0.1, 0.15) is 37.9 Å². The van der Waals surface area contributed by atoms with Gasteiger partial charge >= 0.3 is 6.18 Å². The van der Waals surface area contributed by atoms with Crippen molar-refractivity contribution in [3.8, 4) is 0 Å². The number of nitrogens with zero attached hydrogens (tertiary/aromatic N) is 1. The van der Waals surface area contributed by atoms with Crippen LogP contribution in [0.2, 0.25) is 0 Å². The molecule has 1 atom stereocenters. The van der Waals surface area contributed by atoms with E-state index in [4.69, 9.17) is 0 Å². The van der Waals surface area contributed by atoms with Gasteiger partial charge in [-0.3, -0.25) is 4.90 Å². The van der Waals surface area contributed by atoms with Crippen molar-refractivity contribution in [2.45, 2.75) is 33.0 Å². The quantitative estimate of drug-likeness (QED) is 0.798. The Morgan fingerprint density at radius 1 is 1.09 bits per heavy atom. The third kappa shape index (κ3) is 4.81. The van der Waals surface area contributed by atoms with Gasteiger partial charge in [-0.15, -0.1) is 12.4 Å². The highest BCUT2D eigenvalue weighted by Crippen LogP contribution is 2.40. The first-order chi connectivity index (χ1) is 10.1. The lowest BCUT2D eigenvalue weighted by molar-refractivity contribution is -0.140. The predicted molar refractivity (Wildman–Crippen MR) is 85.3 cm³/mol. The second kappa shape index (κ2) is 7.36. The molecule has 2 nitrogen and oxygen atoms in total. The molecule has 0 spiro atoms. The van der Waals surface area contributed by atoms with Gasteiger partial charge in [-0.05, 0) is 23.1 Å². The normalized spacial score (nSPS) is 18.4. The third-order valence-corrected chi connectivity index (χ3v) is 3.95. The highest BCUT2D eigenvalue weighted by Gasteiger charge is 2.37. The van der Waals surface area contributed by atoms with Gasteiger partial charge in [0.2, 0.25) is 0 Å². The van der Waals surface area contributed by atoms with Crippen LogP contribution in [0.5, 0.6) is 0 Å². The summed E-state index contributed by atoms with van der Waals surface area (Å²) in [5.74, 6) is -1.20. The maximum absolute atomic E-state index is 13.9. The number of hydrogen-bond donors (Lipinski definition) is 1. The van der Waals surface area contributed by atoms with Gasteiger partial charge in [0.25, 0.3) is 0 Å². The standard InChI is InChI=1S/C16H22F4N2.ClH/c1-15(2,3)14(22-8-6-21-7-9-22)11-4-5-12(13(17)10-11)16(18,19)20;/h4-5,10,14,21H,6-9H2,1-3H3;1H/t14-;/m0./s1. The number of piperazine rings is 1. The molecule has 1 aromatic rings. The van der Waals surface area contributed by atoms with E-state index in [9.17, 15) is 17.6 Å². The highest BCUT2D eigenvalue weighted by molar-refractivity contribution is 5.85. The van der Waals surface area contributed by atoms with Gasteiger partial charge in [-0.1, -0.05) is 26.8 Å². The molecule has 1 saturated heterocycles. The molecule has 132 valence electrons. The molecule has 1 aliphatic rings. The summed E-state index contributed by atoms with van der Waals surface area (Å²) in [5.41, 5.74) is -0.812. The van der Waals surface area contributed by atoms with E-state index in [0.717, 1.165) is 38.3 Å². The van der Waals surface area contributed by atoms with Crippen LogP contribution < -0.4 is 5.32 Å². The Hall–Kier alpha value is -0.850. The van der Waals surface area contributed by atoms with Gasteiger partial charge in [-0.25, -0.2) is 4.39 Å². The Bertz CT molecular complexity index is 520. The van der Waals surface area contributed by atoms with Crippen LogP contribution >= 0.6 is 12.4 Å². The van der Waals surface area contributed by atoms with E-state index in [1.807, 2.05) is 20.8 Å². The summed E-state index contributed by atoms with van der Waals surface area (Å²) in [5, 5.41) is 3.25. The molecule has 0 bridgehead atoms. The molecule has 7 heteroatoms. The number of alkyl halides is 3. The fraction of sp³-hybridized carbons (Fsp3) is 0.625. The molecule has 23 heavy (non-hydrogen) atoms. The number of halogens is 5. The van der Waals surface area contributed by atoms with Crippen LogP contribution in [-0.4, -0.2) is 31.1 Å². The molecule has 1 aromatic carbocycles. The predicted octanol–water partition coefficient (Wildman–Crippen LogP) is 4.26. The maximum Gasteiger partial charge on any atom is 0.419 e. The lowest BCUT2D eigenvalue weighted by atomic mass is 9.80. The van der Waals surface area contributed by atoms with Gasteiger partial charge in [0.1, 0.15) is 5.82 Å². The fourth-order valence-electron chi connectivity index (χ4n) is 3.13. The molecule has 0 radical (unpaired) electrons.